The van der Waals surface area contributed by atoms with Crippen molar-refractivity contribution in [2.45, 2.75) is 20.8 Å². The number of methoxy groups -OCH3 is 1. The van der Waals surface area contributed by atoms with E-state index < -0.39 is 5.97 Å². The van der Waals surface area contributed by atoms with E-state index in [1.807, 2.05) is 20.8 Å². The predicted molar refractivity (Wildman–Crippen MR) is 82.3 cm³/mol. The van der Waals surface area contributed by atoms with Crippen molar-refractivity contribution in [2.24, 2.45) is 5.92 Å². The molecule has 0 aliphatic heterocycles. The number of carbonyl (C=O) groups is 2. The fraction of sp³-hybridized carbons (Fsp3) is 0.500. The minimum atomic E-state index is -1.03. The van der Waals surface area contributed by atoms with Crippen LogP contribution in [0.1, 0.15) is 19.4 Å². The summed E-state index contributed by atoms with van der Waals surface area (Å²) in [7, 11) is 1.59. The van der Waals surface area contributed by atoms with Crippen LogP contribution in [-0.4, -0.2) is 48.7 Å². The second-order valence-electron chi connectivity index (χ2n) is 5.48. The summed E-state index contributed by atoms with van der Waals surface area (Å²) >= 11 is 0. The lowest BCUT2D eigenvalue weighted by molar-refractivity contribution is -0.145. The van der Waals surface area contributed by atoms with Crippen LogP contribution in [0.15, 0.2) is 18.2 Å². The summed E-state index contributed by atoms with van der Waals surface area (Å²) in [6.45, 7) is 5.61. The van der Waals surface area contributed by atoms with E-state index in [2.05, 4.69) is 0 Å². The van der Waals surface area contributed by atoms with Gasteiger partial charge in [0.1, 0.15) is 18.0 Å². The number of hydrogen-bond acceptors (Lipinski definition) is 4. The molecule has 122 valence electrons. The fourth-order valence-corrected chi connectivity index (χ4v) is 2.04. The maximum Gasteiger partial charge on any atom is 0.323 e. The van der Waals surface area contributed by atoms with Crippen molar-refractivity contribution < 1.29 is 24.2 Å². The Morgan fingerprint density at radius 2 is 2.00 bits per heavy atom. The highest BCUT2D eigenvalue weighted by Gasteiger charge is 2.18. The third-order valence-electron chi connectivity index (χ3n) is 2.99. The first kappa shape index (κ1) is 17.8. The van der Waals surface area contributed by atoms with Gasteiger partial charge in [-0.15, -0.1) is 0 Å². The lowest BCUT2D eigenvalue weighted by atomic mass is 10.2. The summed E-state index contributed by atoms with van der Waals surface area (Å²) in [4.78, 5) is 24.2. The molecule has 0 aliphatic rings. The van der Waals surface area contributed by atoms with Crippen molar-refractivity contribution in [1.82, 2.24) is 4.90 Å². The Kier molecular flexibility index (Phi) is 6.69. The number of hydrogen-bond donors (Lipinski definition) is 1. The lowest BCUT2D eigenvalue weighted by Crippen LogP contribution is -2.40. The molecule has 1 amide bonds. The third-order valence-corrected chi connectivity index (χ3v) is 2.99. The molecule has 1 aromatic carbocycles. The average Bonchev–Trinajstić information content (AvgIpc) is 2.43. The first-order chi connectivity index (χ1) is 10.3. The van der Waals surface area contributed by atoms with Crippen LogP contribution >= 0.6 is 0 Å². The number of rotatable bonds is 8. The van der Waals surface area contributed by atoms with Crippen molar-refractivity contribution in [3.8, 4) is 11.5 Å². The molecular formula is C16H23NO5. The normalized spacial score (nSPS) is 10.4. The molecule has 6 nitrogen and oxygen atoms in total. The van der Waals surface area contributed by atoms with Gasteiger partial charge in [-0.25, -0.2) is 0 Å². The van der Waals surface area contributed by atoms with Gasteiger partial charge in [0.15, 0.2) is 6.61 Å². The number of aliphatic carboxylic acids is 1. The first-order valence-corrected chi connectivity index (χ1v) is 7.10. The van der Waals surface area contributed by atoms with Crippen LogP contribution in [0.25, 0.3) is 0 Å². The Morgan fingerprint density at radius 1 is 1.32 bits per heavy atom. The molecule has 0 unspecified atom stereocenters. The summed E-state index contributed by atoms with van der Waals surface area (Å²) in [5, 5.41) is 8.88. The maximum atomic E-state index is 12.1. The van der Waals surface area contributed by atoms with Crippen LogP contribution < -0.4 is 9.47 Å². The zero-order valence-electron chi connectivity index (χ0n) is 13.5. The van der Waals surface area contributed by atoms with E-state index >= 15 is 0 Å². The van der Waals surface area contributed by atoms with Gasteiger partial charge in [0.05, 0.1) is 7.11 Å². The number of amides is 1. The van der Waals surface area contributed by atoms with Gasteiger partial charge in [0.25, 0.3) is 5.91 Å². The fourth-order valence-electron chi connectivity index (χ4n) is 2.04. The van der Waals surface area contributed by atoms with Gasteiger partial charge in [0.2, 0.25) is 0 Å². The molecule has 0 spiro atoms. The summed E-state index contributed by atoms with van der Waals surface area (Å²) < 4.78 is 10.6. The quantitative estimate of drug-likeness (QED) is 0.794. The Hall–Kier alpha value is -2.24. The summed E-state index contributed by atoms with van der Waals surface area (Å²) in [5.41, 5.74) is 0.900. The summed E-state index contributed by atoms with van der Waals surface area (Å²) in [6.07, 6.45) is 0. The molecular weight excluding hydrogens is 286 g/mol. The topological polar surface area (TPSA) is 76.1 Å². The molecule has 0 bridgehead atoms. The number of carbonyl (C=O) groups excluding carboxylic acids is 1. The van der Waals surface area contributed by atoms with E-state index in [4.69, 9.17) is 14.6 Å². The van der Waals surface area contributed by atoms with Crippen LogP contribution in [-0.2, 0) is 9.59 Å². The zero-order chi connectivity index (χ0) is 16.7. The molecule has 0 radical (unpaired) electrons. The highest BCUT2D eigenvalue weighted by atomic mass is 16.5. The van der Waals surface area contributed by atoms with Crippen molar-refractivity contribution >= 4 is 11.9 Å². The van der Waals surface area contributed by atoms with Crippen LogP contribution in [0.4, 0.5) is 0 Å². The number of benzene rings is 1. The average molecular weight is 309 g/mol. The Labute approximate surface area is 130 Å². The van der Waals surface area contributed by atoms with E-state index in [1.165, 1.54) is 4.90 Å². The third kappa shape index (κ3) is 5.63. The molecule has 0 saturated heterocycles. The predicted octanol–water partition coefficient (Wildman–Crippen LogP) is 1.95. The lowest BCUT2D eigenvalue weighted by Gasteiger charge is -2.22. The van der Waals surface area contributed by atoms with E-state index in [0.717, 1.165) is 11.3 Å². The minimum Gasteiger partial charge on any atom is -0.496 e. The van der Waals surface area contributed by atoms with Gasteiger partial charge in [-0.2, -0.15) is 0 Å². The molecule has 22 heavy (non-hydrogen) atoms. The zero-order valence-corrected chi connectivity index (χ0v) is 13.5. The molecule has 0 aliphatic carbocycles. The van der Waals surface area contributed by atoms with Crippen molar-refractivity contribution in [1.29, 1.82) is 0 Å². The number of carboxylic acid groups (broad SMARTS) is 1. The highest BCUT2D eigenvalue weighted by molar-refractivity contribution is 5.82. The molecule has 0 aromatic heterocycles. The van der Waals surface area contributed by atoms with Gasteiger partial charge < -0.3 is 19.5 Å². The van der Waals surface area contributed by atoms with Crippen LogP contribution in [0.3, 0.4) is 0 Å². The Balaban J connectivity index is 2.65. The van der Waals surface area contributed by atoms with Crippen LogP contribution in [0.2, 0.25) is 0 Å². The van der Waals surface area contributed by atoms with Gasteiger partial charge in [-0.05, 0) is 36.6 Å². The molecule has 0 saturated carbocycles. The van der Waals surface area contributed by atoms with Crippen molar-refractivity contribution in [3.05, 3.63) is 23.8 Å². The van der Waals surface area contributed by atoms with Gasteiger partial charge in [0, 0.05) is 6.54 Å². The number of carboxylic acids is 1. The number of ether oxygens (including phenoxy) is 2. The number of aryl methyl sites for hydroxylation is 1. The second kappa shape index (κ2) is 8.26. The second-order valence-corrected chi connectivity index (χ2v) is 5.48. The molecule has 1 N–H and O–H groups in total. The van der Waals surface area contributed by atoms with Gasteiger partial charge in [-0.1, -0.05) is 13.8 Å². The van der Waals surface area contributed by atoms with Crippen LogP contribution in [0, 0.1) is 12.8 Å². The van der Waals surface area contributed by atoms with Gasteiger partial charge >= 0.3 is 5.97 Å². The van der Waals surface area contributed by atoms with E-state index in [-0.39, 0.29) is 25.0 Å². The van der Waals surface area contributed by atoms with E-state index in [1.54, 1.807) is 25.3 Å². The molecule has 0 fully saturated rings. The van der Waals surface area contributed by atoms with Crippen molar-refractivity contribution in [3.63, 3.8) is 0 Å². The molecule has 1 rings (SSSR count). The maximum absolute atomic E-state index is 12.1. The molecule has 0 atom stereocenters. The smallest absolute Gasteiger partial charge is 0.323 e. The molecule has 6 heteroatoms. The summed E-state index contributed by atoms with van der Waals surface area (Å²) in [5.74, 6) is 0.0999. The highest BCUT2D eigenvalue weighted by Crippen LogP contribution is 2.22. The van der Waals surface area contributed by atoms with Crippen LogP contribution in [0.5, 0.6) is 11.5 Å². The first-order valence-electron chi connectivity index (χ1n) is 7.10. The van der Waals surface area contributed by atoms with Crippen molar-refractivity contribution in [2.75, 3.05) is 26.8 Å². The summed E-state index contributed by atoms with van der Waals surface area (Å²) in [6, 6.07) is 5.25. The Bertz CT molecular complexity index is 527. The Morgan fingerprint density at radius 3 is 2.50 bits per heavy atom. The standard InChI is InChI=1S/C16H23NO5/c1-11(2)8-17(9-16(19)20)15(18)10-22-13-5-6-14(21-4)12(3)7-13/h5-7,11H,8-10H2,1-4H3,(H,19,20). The molecule has 0 heterocycles. The van der Waals surface area contributed by atoms with Gasteiger partial charge in [-0.3, -0.25) is 9.59 Å². The largest absolute Gasteiger partial charge is 0.496 e. The molecule has 1 aromatic rings. The number of nitrogens with zero attached hydrogens (tertiary/aromatic N) is 1. The monoisotopic (exact) mass is 309 g/mol. The van der Waals surface area contributed by atoms with E-state index in [9.17, 15) is 9.59 Å². The van der Waals surface area contributed by atoms with E-state index in [0.29, 0.717) is 12.3 Å². The minimum absolute atomic E-state index is 0.187. The SMILES string of the molecule is COc1ccc(OCC(=O)N(CC(=O)O)CC(C)C)cc1C.